The van der Waals surface area contributed by atoms with Crippen molar-refractivity contribution in [2.75, 3.05) is 35.6 Å². The second-order valence-corrected chi connectivity index (χ2v) is 10.2. The molecule has 1 aliphatic heterocycles. The van der Waals surface area contributed by atoms with Gasteiger partial charge in [0.05, 0.1) is 18.1 Å². The molecule has 1 unspecified atom stereocenters. The fraction of sp³-hybridized carbons (Fsp3) is 0.370. The average molecular weight is 530 g/mol. The third-order valence-corrected chi connectivity index (χ3v) is 5.82. The van der Waals surface area contributed by atoms with E-state index in [-0.39, 0.29) is 23.4 Å². The number of likely N-dealkylation sites (tertiary alicyclic amines) is 1. The molecule has 0 bridgehead atoms. The second-order valence-electron chi connectivity index (χ2n) is 10.2. The third-order valence-electron chi connectivity index (χ3n) is 5.82. The molecule has 1 fully saturated rings. The molecule has 3 N–H and O–H groups in total. The number of para-hydroxylation sites is 1. The van der Waals surface area contributed by atoms with Crippen LogP contribution in [0, 0.1) is 17.2 Å². The van der Waals surface area contributed by atoms with Crippen molar-refractivity contribution < 1.29 is 14.3 Å². The Balaban J connectivity index is 1.50. The normalized spacial score (nSPS) is 15.1. The number of ether oxygens (including phenoxy) is 1. The number of amides is 2. The van der Waals surface area contributed by atoms with E-state index < -0.39 is 11.5 Å². The standard InChI is InChI=1S/C27H31N9O3/c1-27(2,3)39-26(38)36-11-7-8-18(17-36)14-30-21-12-22(33-23-16-29-20(13-28)15-31-23)34-35-24(21)25(37)32-19-9-5-4-6-10-19/h4-6,9-10,12,15-16,18H,7-8,11,14,17H2,1-3H3,(H,32,37)(H2,30,31,33,34). The maximum Gasteiger partial charge on any atom is 0.410 e. The van der Waals surface area contributed by atoms with Crippen molar-refractivity contribution in [2.45, 2.75) is 39.2 Å². The number of piperidine rings is 1. The Bertz CT molecular complexity index is 1340. The molecule has 202 valence electrons. The molecular formula is C27H31N9O3. The first kappa shape index (κ1) is 27.3. The first-order valence-corrected chi connectivity index (χ1v) is 12.7. The fourth-order valence-electron chi connectivity index (χ4n) is 4.03. The summed E-state index contributed by atoms with van der Waals surface area (Å²) in [5, 5.41) is 26.4. The van der Waals surface area contributed by atoms with Gasteiger partial charge in [-0.2, -0.15) is 5.26 Å². The zero-order valence-corrected chi connectivity index (χ0v) is 22.1. The van der Waals surface area contributed by atoms with Crippen molar-refractivity contribution in [1.29, 1.82) is 5.26 Å². The zero-order valence-electron chi connectivity index (χ0n) is 22.1. The maximum absolute atomic E-state index is 13.1. The van der Waals surface area contributed by atoms with Gasteiger partial charge in [0.25, 0.3) is 5.91 Å². The Hall–Kier alpha value is -4.79. The van der Waals surface area contributed by atoms with Crippen LogP contribution in [0.25, 0.3) is 0 Å². The predicted octanol–water partition coefficient (Wildman–Crippen LogP) is 4.19. The summed E-state index contributed by atoms with van der Waals surface area (Å²) in [5.41, 5.74) is 0.849. The van der Waals surface area contributed by atoms with Crippen molar-refractivity contribution in [3.8, 4) is 6.07 Å². The van der Waals surface area contributed by atoms with E-state index in [1.165, 1.54) is 12.4 Å². The summed E-state index contributed by atoms with van der Waals surface area (Å²) < 4.78 is 5.54. The fourth-order valence-corrected chi connectivity index (χ4v) is 4.03. The Morgan fingerprint density at radius 3 is 2.62 bits per heavy atom. The lowest BCUT2D eigenvalue weighted by molar-refractivity contribution is 0.0172. The highest BCUT2D eigenvalue weighted by Crippen LogP contribution is 2.24. The smallest absolute Gasteiger partial charge is 0.410 e. The molecule has 0 radical (unpaired) electrons. The van der Waals surface area contributed by atoms with Crippen LogP contribution in [-0.4, -0.2) is 62.3 Å². The minimum atomic E-state index is -0.561. The van der Waals surface area contributed by atoms with Gasteiger partial charge in [0, 0.05) is 31.4 Å². The number of rotatable bonds is 7. The van der Waals surface area contributed by atoms with E-state index in [1.807, 2.05) is 45.0 Å². The highest BCUT2D eigenvalue weighted by molar-refractivity contribution is 6.06. The van der Waals surface area contributed by atoms with Crippen molar-refractivity contribution in [1.82, 2.24) is 25.1 Å². The Morgan fingerprint density at radius 1 is 1.13 bits per heavy atom. The van der Waals surface area contributed by atoms with Gasteiger partial charge >= 0.3 is 6.09 Å². The van der Waals surface area contributed by atoms with Gasteiger partial charge in [-0.05, 0) is 51.7 Å². The van der Waals surface area contributed by atoms with E-state index in [9.17, 15) is 9.59 Å². The Labute approximate surface area is 226 Å². The molecule has 3 aromatic rings. The van der Waals surface area contributed by atoms with Gasteiger partial charge in [0.15, 0.2) is 17.2 Å². The number of carbonyl (C=O) groups is 2. The van der Waals surface area contributed by atoms with E-state index in [4.69, 9.17) is 10.00 Å². The molecule has 12 heteroatoms. The number of hydrogen-bond donors (Lipinski definition) is 3. The van der Waals surface area contributed by atoms with Gasteiger partial charge < -0.3 is 25.6 Å². The molecule has 1 aliphatic rings. The van der Waals surface area contributed by atoms with Crippen LogP contribution in [0.2, 0.25) is 0 Å². The quantitative estimate of drug-likeness (QED) is 0.405. The number of carbonyl (C=O) groups excluding carboxylic acids is 2. The number of benzene rings is 1. The molecule has 2 amide bonds. The minimum Gasteiger partial charge on any atom is -0.444 e. The summed E-state index contributed by atoms with van der Waals surface area (Å²) >= 11 is 0. The van der Waals surface area contributed by atoms with Gasteiger partial charge in [-0.15, -0.1) is 10.2 Å². The molecule has 12 nitrogen and oxygen atoms in total. The number of aromatic nitrogens is 4. The summed E-state index contributed by atoms with van der Waals surface area (Å²) in [6, 6.07) is 12.7. The van der Waals surface area contributed by atoms with Crippen molar-refractivity contribution in [3.05, 3.63) is 60.2 Å². The van der Waals surface area contributed by atoms with Gasteiger partial charge in [0.2, 0.25) is 0 Å². The summed E-state index contributed by atoms with van der Waals surface area (Å²) in [7, 11) is 0. The predicted molar refractivity (Wildman–Crippen MR) is 145 cm³/mol. The highest BCUT2D eigenvalue weighted by Gasteiger charge is 2.28. The molecule has 1 saturated heterocycles. The van der Waals surface area contributed by atoms with Gasteiger partial charge in [0.1, 0.15) is 17.5 Å². The summed E-state index contributed by atoms with van der Waals surface area (Å²) in [5.74, 6) is 0.438. The van der Waals surface area contributed by atoms with E-state index in [2.05, 4.69) is 36.1 Å². The molecular weight excluding hydrogens is 498 g/mol. The van der Waals surface area contributed by atoms with Crippen molar-refractivity contribution in [3.63, 3.8) is 0 Å². The lowest BCUT2D eigenvalue weighted by Crippen LogP contribution is -2.44. The molecule has 4 rings (SSSR count). The van der Waals surface area contributed by atoms with Crippen LogP contribution in [0.4, 0.5) is 27.8 Å². The van der Waals surface area contributed by atoms with Crippen molar-refractivity contribution >= 4 is 35.0 Å². The van der Waals surface area contributed by atoms with E-state index >= 15 is 0 Å². The van der Waals surface area contributed by atoms with E-state index in [0.29, 0.717) is 42.6 Å². The Morgan fingerprint density at radius 2 is 1.92 bits per heavy atom. The molecule has 1 atom stereocenters. The first-order valence-electron chi connectivity index (χ1n) is 12.7. The van der Waals surface area contributed by atoms with E-state index in [0.717, 1.165) is 12.8 Å². The number of nitrogens with zero attached hydrogens (tertiary/aromatic N) is 6. The molecule has 0 aliphatic carbocycles. The lowest BCUT2D eigenvalue weighted by Gasteiger charge is -2.34. The molecule has 39 heavy (non-hydrogen) atoms. The molecule has 1 aromatic carbocycles. The topological polar surface area (TPSA) is 158 Å². The average Bonchev–Trinajstić information content (AvgIpc) is 2.92. The third kappa shape index (κ3) is 7.85. The Kier molecular flexibility index (Phi) is 8.50. The molecule has 3 heterocycles. The minimum absolute atomic E-state index is 0.120. The van der Waals surface area contributed by atoms with Gasteiger partial charge in [-0.1, -0.05) is 18.2 Å². The van der Waals surface area contributed by atoms with Crippen LogP contribution in [-0.2, 0) is 4.74 Å². The maximum atomic E-state index is 13.1. The van der Waals surface area contributed by atoms with Crippen LogP contribution >= 0.6 is 0 Å². The second kappa shape index (κ2) is 12.2. The monoisotopic (exact) mass is 529 g/mol. The first-order chi connectivity index (χ1) is 18.7. The molecule has 0 saturated carbocycles. The number of hydrogen-bond acceptors (Lipinski definition) is 10. The van der Waals surface area contributed by atoms with Crippen LogP contribution in [0.5, 0.6) is 0 Å². The van der Waals surface area contributed by atoms with Crippen LogP contribution in [0.1, 0.15) is 49.8 Å². The van der Waals surface area contributed by atoms with Crippen LogP contribution in [0.3, 0.4) is 0 Å². The van der Waals surface area contributed by atoms with Gasteiger partial charge in [-0.3, -0.25) is 4.79 Å². The number of nitriles is 1. The summed E-state index contributed by atoms with van der Waals surface area (Å²) in [6.45, 7) is 7.24. The number of anilines is 4. The summed E-state index contributed by atoms with van der Waals surface area (Å²) in [4.78, 5) is 35.6. The molecule has 2 aromatic heterocycles. The zero-order chi connectivity index (χ0) is 27.8. The molecule has 0 spiro atoms. The van der Waals surface area contributed by atoms with Crippen molar-refractivity contribution in [2.24, 2.45) is 5.92 Å². The largest absolute Gasteiger partial charge is 0.444 e. The lowest BCUT2D eigenvalue weighted by atomic mass is 9.98. The van der Waals surface area contributed by atoms with E-state index in [1.54, 1.807) is 23.1 Å². The SMILES string of the molecule is CC(C)(C)OC(=O)N1CCCC(CNc2cc(Nc3cnc(C#N)cn3)nnc2C(=O)Nc2ccccc2)C1. The van der Waals surface area contributed by atoms with Gasteiger partial charge in [-0.25, -0.2) is 14.8 Å². The van der Waals surface area contributed by atoms with Crippen LogP contribution < -0.4 is 16.0 Å². The van der Waals surface area contributed by atoms with Crippen LogP contribution in [0.15, 0.2) is 48.8 Å². The summed E-state index contributed by atoms with van der Waals surface area (Å²) in [6.07, 6.45) is 4.21. The number of nitrogens with one attached hydrogen (secondary N) is 3. The highest BCUT2D eigenvalue weighted by atomic mass is 16.6.